The van der Waals surface area contributed by atoms with Crippen molar-refractivity contribution in [3.8, 4) is 0 Å². The van der Waals surface area contributed by atoms with Crippen LogP contribution in [-0.4, -0.2) is 45.3 Å². The molecule has 1 N–H and O–H groups in total. The van der Waals surface area contributed by atoms with Crippen LogP contribution in [0.15, 0.2) is 59.5 Å². The largest absolute Gasteiger partial charge is 0.445 e. The van der Waals surface area contributed by atoms with Crippen LogP contribution < -0.4 is 5.32 Å². The highest BCUT2D eigenvalue weighted by Crippen LogP contribution is 2.40. The summed E-state index contributed by atoms with van der Waals surface area (Å²) in [6.07, 6.45) is 0.995. The van der Waals surface area contributed by atoms with Crippen molar-refractivity contribution < 1.29 is 27.4 Å². The van der Waals surface area contributed by atoms with E-state index in [0.717, 1.165) is 11.1 Å². The van der Waals surface area contributed by atoms with Gasteiger partial charge in [0.05, 0.1) is 23.9 Å². The Bertz CT molecular complexity index is 1020. The Morgan fingerprint density at radius 3 is 2.47 bits per heavy atom. The van der Waals surface area contributed by atoms with E-state index >= 15 is 0 Å². The van der Waals surface area contributed by atoms with E-state index in [9.17, 15) is 13.2 Å². The molecule has 7 nitrogen and oxygen atoms in total. The van der Waals surface area contributed by atoms with Crippen molar-refractivity contribution in [2.24, 2.45) is 5.92 Å². The smallest absolute Gasteiger partial charge is 0.407 e. The fourth-order valence-electron chi connectivity index (χ4n) is 4.42. The van der Waals surface area contributed by atoms with Crippen LogP contribution in [0.3, 0.4) is 0 Å². The van der Waals surface area contributed by atoms with Crippen LogP contribution in [0, 0.1) is 12.8 Å². The topological polar surface area (TPSA) is 90.9 Å². The molecule has 2 aromatic rings. The van der Waals surface area contributed by atoms with Crippen LogP contribution in [0.2, 0.25) is 0 Å². The molecule has 2 fully saturated rings. The first-order valence-electron chi connectivity index (χ1n) is 10.9. The third-order valence-electron chi connectivity index (χ3n) is 6.12. The number of amides is 1. The van der Waals surface area contributed by atoms with Crippen molar-refractivity contribution in [3.63, 3.8) is 0 Å². The molecule has 172 valence electrons. The molecule has 2 atom stereocenters. The van der Waals surface area contributed by atoms with E-state index in [1.807, 2.05) is 37.3 Å². The quantitative estimate of drug-likeness (QED) is 0.710. The number of benzene rings is 2. The van der Waals surface area contributed by atoms with Gasteiger partial charge in [-0.05, 0) is 37.0 Å². The zero-order valence-electron chi connectivity index (χ0n) is 18.2. The first kappa shape index (κ1) is 22.8. The molecular formula is C24H29NO6S. The molecule has 1 spiro atoms. The minimum atomic E-state index is -3.55. The number of ether oxygens (including phenoxy) is 3. The molecule has 1 amide bonds. The fraction of sp³-hybridized carbons (Fsp3) is 0.458. The lowest BCUT2D eigenvalue weighted by Gasteiger charge is -2.41. The number of carbonyl (C=O) groups is 1. The summed E-state index contributed by atoms with van der Waals surface area (Å²) >= 11 is 0. The second kappa shape index (κ2) is 9.60. The monoisotopic (exact) mass is 459 g/mol. The molecule has 1 heterocycles. The van der Waals surface area contributed by atoms with Gasteiger partial charge in [-0.3, -0.25) is 0 Å². The van der Waals surface area contributed by atoms with Gasteiger partial charge < -0.3 is 19.5 Å². The Labute approximate surface area is 189 Å². The summed E-state index contributed by atoms with van der Waals surface area (Å²) in [7, 11) is -3.55. The summed E-state index contributed by atoms with van der Waals surface area (Å²) in [5.41, 5.74) is 1.88. The van der Waals surface area contributed by atoms with E-state index in [1.54, 1.807) is 24.3 Å². The molecule has 2 aromatic carbocycles. The zero-order valence-corrected chi connectivity index (χ0v) is 19.0. The maximum atomic E-state index is 13.1. The molecular weight excluding hydrogens is 430 g/mol. The number of aryl methyl sites for hydroxylation is 1. The van der Waals surface area contributed by atoms with E-state index in [2.05, 4.69) is 5.32 Å². The molecule has 0 bridgehead atoms. The van der Waals surface area contributed by atoms with Crippen LogP contribution in [0.25, 0.3) is 0 Å². The molecule has 1 saturated carbocycles. The normalized spacial score (nSPS) is 22.5. The molecule has 0 aromatic heterocycles. The molecule has 2 aliphatic rings. The number of hydrogen-bond acceptors (Lipinski definition) is 6. The lowest BCUT2D eigenvalue weighted by atomic mass is 9.81. The van der Waals surface area contributed by atoms with E-state index in [1.165, 1.54) is 0 Å². The summed E-state index contributed by atoms with van der Waals surface area (Å²) < 4.78 is 43.3. The van der Waals surface area contributed by atoms with Crippen molar-refractivity contribution in [3.05, 3.63) is 65.7 Å². The molecule has 2 unspecified atom stereocenters. The number of sulfone groups is 1. The number of hydrogen-bond donors (Lipinski definition) is 1. The molecule has 1 aliphatic heterocycles. The number of nitrogens with one attached hydrogen (secondary N) is 1. The van der Waals surface area contributed by atoms with Crippen molar-refractivity contribution in [2.75, 3.05) is 19.0 Å². The van der Waals surface area contributed by atoms with E-state index in [4.69, 9.17) is 14.2 Å². The Balaban J connectivity index is 1.46. The Hall–Kier alpha value is -2.42. The zero-order chi connectivity index (χ0) is 22.6. The van der Waals surface area contributed by atoms with Crippen LogP contribution in [-0.2, 0) is 30.7 Å². The van der Waals surface area contributed by atoms with Crippen LogP contribution in [0.5, 0.6) is 0 Å². The summed E-state index contributed by atoms with van der Waals surface area (Å²) in [6.45, 7) is 3.06. The van der Waals surface area contributed by atoms with Gasteiger partial charge in [-0.2, -0.15) is 0 Å². The van der Waals surface area contributed by atoms with Crippen LogP contribution >= 0.6 is 0 Å². The first-order valence-corrected chi connectivity index (χ1v) is 12.6. The van der Waals surface area contributed by atoms with Crippen molar-refractivity contribution in [1.29, 1.82) is 0 Å². The summed E-state index contributed by atoms with van der Waals surface area (Å²) in [4.78, 5) is 12.7. The van der Waals surface area contributed by atoms with Gasteiger partial charge >= 0.3 is 6.09 Å². The lowest BCUT2D eigenvalue weighted by Crippen LogP contribution is -2.51. The van der Waals surface area contributed by atoms with E-state index in [0.29, 0.717) is 32.5 Å². The maximum absolute atomic E-state index is 13.1. The van der Waals surface area contributed by atoms with Gasteiger partial charge in [0.25, 0.3) is 0 Å². The third-order valence-corrected chi connectivity index (χ3v) is 7.98. The van der Waals surface area contributed by atoms with Gasteiger partial charge in [-0.25, -0.2) is 13.2 Å². The molecule has 8 heteroatoms. The standard InChI is InChI=1S/C24H29NO6S/c1-18-7-9-21(10-8-18)32(27,28)17-20-15-24(30-13-14-31-24)12-11-22(20)25-23(26)29-16-19-5-3-2-4-6-19/h2-10,20,22H,11-17H2,1H3,(H,25,26). The second-order valence-corrected chi connectivity index (χ2v) is 10.6. The molecule has 0 radical (unpaired) electrons. The summed E-state index contributed by atoms with van der Waals surface area (Å²) in [5.74, 6) is -1.23. The van der Waals surface area contributed by atoms with E-state index in [-0.39, 0.29) is 29.2 Å². The van der Waals surface area contributed by atoms with Gasteiger partial charge in [-0.15, -0.1) is 0 Å². The molecule has 1 aliphatic carbocycles. The maximum Gasteiger partial charge on any atom is 0.407 e. The lowest BCUT2D eigenvalue weighted by molar-refractivity contribution is -0.188. The van der Waals surface area contributed by atoms with E-state index < -0.39 is 21.7 Å². The minimum absolute atomic E-state index is 0.103. The fourth-order valence-corrected chi connectivity index (χ4v) is 6.08. The van der Waals surface area contributed by atoms with Gasteiger partial charge in [0.15, 0.2) is 15.6 Å². The Morgan fingerprint density at radius 1 is 1.09 bits per heavy atom. The Morgan fingerprint density at radius 2 is 1.78 bits per heavy atom. The van der Waals surface area contributed by atoms with Gasteiger partial charge in [-0.1, -0.05) is 48.0 Å². The van der Waals surface area contributed by atoms with Crippen molar-refractivity contribution in [1.82, 2.24) is 5.32 Å². The molecule has 32 heavy (non-hydrogen) atoms. The van der Waals surface area contributed by atoms with Crippen molar-refractivity contribution >= 4 is 15.9 Å². The first-order chi connectivity index (χ1) is 15.4. The predicted octanol–water partition coefficient (Wildman–Crippen LogP) is 3.61. The van der Waals surface area contributed by atoms with Crippen molar-refractivity contribution in [2.45, 2.75) is 49.5 Å². The van der Waals surface area contributed by atoms with Gasteiger partial charge in [0, 0.05) is 18.9 Å². The average Bonchev–Trinajstić information content (AvgIpc) is 3.23. The minimum Gasteiger partial charge on any atom is -0.445 e. The molecule has 1 saturated heterocycles. The SMILES string of the molecule is Cc1ccc(S(=O)(=O)CC2CC3(CCC2NC(=O)OCc2ccccc2)OCCO3)cc1. The van der Waals surface area contributed by atoms with Crippen LogP contribution in [0.1, 0.15) is 30.4 Å². The number of rotatable bonds is 6. The third kappa shape index (κ3) is 5.49. The average molecular weight is 460 g/mol. The predicted molar refractivity (Wildman–Crippen MR) is 119 cm³/mol. The van der Waals surface area contributed by atoms with Crippen LogP contribution in [0.4, 0.5) is 4.79 Å². The highest BCUT2D eigenvalue weighted by Gasteiger charge is 2.46. The summed E-state index contributed by atoms with van der Waals surface area (Å²) in [6, 6.07) is 15.9. The Kier molecular flexibility index (Phi) is 6.83. The number of alkyl carbamates (subject to hydrolysis) is 1. The highest BCUT2D eigenvalue weighted by atomic mass is 32.2. The second-order valence-electron chi connectivity index (χ2n) is 8.52. The highest BCUT2D eigenvalue weighted by molar-refractivity contribution is 7.91. The number of carbonyl (C=O) groups excluding carboxylic acids is 1. The van der Waals surface area contributed by atoms with Gasteiger partial charge in [0.1, 0.15) is 6.61 Å². The molecule has 4 rings (SSSR count). The summed E-state index contributed by atoms with van der Waals surface area (Å²) in [5, 5.41) is 2.89. The van der Waals surface area contributed by atoms with Gasteiger partial charge in [0.2, 0.25) is 0 Å².